The average molecular weight is 252 g/mol. The number of anilines is 1. The van der Waals surface area contributed by atoms with Crippen LogP contribution in [0.25, 0.3) is 0 Å². The molecule has 1 aromatic rings. The third-order valence-electron chi connectivity index (χ3n) is 2.49. The van der Waals surface area contributed by atoms with Crippen molar-refractivity contribution in [2.75, 3.05) is 25.5 Å². The lowest BCUT2D eigenvalue weighted by atomic mass is 10.2. The number of nitrogens with zero attached hydrogens (tertiary/aromatic N) is 3. The summed E-state index contributed by atoms with van der Waals surface area (Å²) in [6.07, 6.45) is 1.60. The maximum absolute atomic E-state index is 11.1. The first-order valence-corrected chi connectivity index (χ1v) is 5.44. The maximum Gasteiger partial charge on any atom is 0.339 e. The smallest absolute Gasteiger partial charge is 0.339 e. The summed E-state index contributed by atoms with van der Waals surface area (Å²) in [4.78, 5) is 31.7. The number of amides is 1. The number of hydrogen-bond acceptors (Lipinski definition) is 5. The van der Waals surface area contributed by atoms with E-state index < -0.39 is 5.97 Å². The van der Waals surface area contributed by atoms with Crippen molar-refractivity contribution in [2.24, 2.45) is 0 Å². The Labute approximate surface area is 105 Å². The summed E-state index contributed by atoms with van der Waals surface area (Å²) >= 11 is 0. The molecular formula is C11H16N4O3. The van der Waals surface area contributed by atoms with Gasteiger partial charge in [0.2, 0.25) is 11.9 Å². The van der Waals surface area contributed by atoms with Crippen molar-refractivity contribution in [3.05, 3.63) is 17.5 Å². The molecule has 7 heteroatoms. The largest absolute Gasteiger partial charge is 0.478 e. The molecule has 1 rings (SSSR count). The van der Waals surface area contributed by atoms with Gasteiger partial charge in [0.1, 0.15) is 0 Å². The summed E-state index contributed by atoms with van der Waals surface area (Å²) in [6.45, 7) is 2.08. The number of carbonyl (C=O) groups excluding carboxylic acids is 1. The fourth-order valence-electron chi connectivity index (χ4n) is 1.34. The van der Waals surface area contributed by atoms with Crippen LogP contribution in [-0.2, 0) is 4.79 Å². The summed E-state index contributed by atoms with van der Waals surface area (Å²) in [5, 5.41) is 11.4. The minimum Gasteiger partial charge on any atom is -0.478 e. The van der Waals surface area contributed by atoms with Gasteiger partial charge in [-0.1, -0.05) is 0 Å². The zero-order valence-corrected chi connectivity index (χ0v) is 10.6. The summed E-state index contributed by atoms with van der Waals surface area (Å²) < 4.78 is 0. The molecule has 0 bridgehead atoms. The van der Waals surface area contributed by atoms with Gasteiger partial charge in [0.05, 0.1) is 11.3 Å². The van der Waals surface area contributed by atoms with Crippen LogP contribution >= 0.6 is 0 Å². The van der Waals surface area contributed by atoms with Crippen molar-refractivity contribution in [3.8, 4) is 0 Å². The number of carbonyl (C=O) groups is 2. The number of rotatable bonds is 5. The number of aryl methyl sites for hydroxylation is 1. The molecule has 0 radical (unpaired) electrons. The molecule has 0 saturated heterocycles. The first-order valence-electron chi connectivity index (χ1n) is 5.44. The fraction of sp³-hybridized carbons (Fsp3) is 0.455. The fourth-order valence-corrected chi connectivity index (χ4v) is 1.34. The van der Waals surface area contributed by atoms with Crippen molar-refractivity contribution >= 4 is 17.8 Å². The highest BCUT2D eigenvalue weighted by Crippen LogP contribution is 2.10. The first kappa shape index (κ1) is 13.9. The lowest BCUT2D eigenvalue weighted by Crippen LogP contribution is -2.27. The minimum absolute atomic E-state index is 0.0688. The van der Waals surface area contributed by atoms with E-state index in [1.807, 2.05) is 0 Å². The predicted octanol–water partition coefficient (Wildman–Crippen LogP) is 0.0555. The zero-order chi connectivity index (χ0) is 13.7. The maximum atomic E-state index is 11.1. The quantitative estimate of drug-likeness (QED) is 0.769. The molecule has 0 aliphatic rings. The van der Waals surface area contributed by atoms with Crippen molar-refractivity contribution < 1.29 is 14.7 Å². The molecule has 0 fully saturated rings. The topological polar surface area (TPSA) is 95.4 Å². The van der Waals surface area contributed by atoms with Gasteiger partial charge in [-0.05, 0) is 6.92 Å². The van der Waals surface area contributed by atoms with E-state index in [9.17, 15) is 9.59 Å². The summed E-state index contributed by atoms with van der Waals surface area (Å²) in [5.41, 5.74) is 0.484. The van der Waals surface area contributed by atoms with E-state index in [0.717, 1.165) is 0 Å². The Morgan fingerprint density at radius 2 is 2.17 bits per heavy atom. The molecule has 0 unspecified atom stereocenters. The summed E-state index contributed by atoms with van der Waals surface area (Å²) in [7, 11) is 3.32. The molecule has 1 heterocycles. The van der Waals surface area contributed by atoms with Crippen LogP contribution in [0.4, 0.5) is 5.95 Å². The molecule has 18 heavy (non-hydrogen) atoms. The third-order valence-corrected chi connectivity index (χ3v) is 2.49. The Kier molecular flexibility index (Phi) is 4.59. The number of aromatic nitrogens is 2. The molecule has 2 N–H and O–H groups in total. The molecule has 0 aliphatic carbocycles. The number of aromatic carboxylic acids is 1. The Morgan fingerprint density at radius 3 is 2.67 bits per heavy atom. The Bertz CT molecular complexity index is 462. The molecule has 98 valence electrons. The molecule has 1 amide bonds. The molecule has 0 spiro atoms. The molecule has 0 atom stereocenters. The standard InChI is InChI=1S/C11H16N4O3/c1-7-8(10(17)18)6-13-11(14-7)15(3)5-4-9(16)12-2/h6H,4-5H2,1-3H3,(H,12,16)(H,17,18). The van der Waals surface area contributed by atoms with Crippen LogP contribution in [0.5, 0.6) is 0 Å². The van der Waals surface area contributed by atoms with Crippen LogP contribution in [0.2, 0.25) is 0 Å². The predicted molar refractivity (Wildman–Crippen MR) is 65.7 cm³/mol. The highest BCUT2D eigenvalue weighted by molar-refractivity contribution is 5.88. The van der Waals surface area contributed by atoms with Gasteiger partial charge in [0, 0.05) is 33.3 Å². The Hall–Kier alpha value is -2.18. The van der Waals surface area contributed by atoms with Gasteiger partial charge in [-0.25, -0.2) is 14.8 Å². The highest BCUT2D eigenvalue weighted by Gasteiger charge is 2.12. The number of hydrogen-bond donors (Lipinski definition) is 2. The van der Waals surface area contributed by atoms with Crippen LogP contribution in [0.1, 0.15) is 22.5 Å². The molecule has 0 saturated carbocycles. The van der Waals surface area contributed by atoms with E-state index >= 15 is 0 Å². The Morgan fingerprint density at radius 1 is 1.50 bits per heavy atom. The van der Waals surface area contributed by atoms with E-state index in [4.69, 9.17) is 5.11 Å². The van der Waals surface area contributed by atoms with Crippen molar-refractivity contribution in [1.82, 2.24) is 15.3 Å². The van der Waals surface area contributed by atoms with Gasteiger partial charge in [0.25, 0.3) is 0 Å². The van der Waals surface area contributed by atoms with Crippen LogP contribution in [0.15, 0.2) is 6.20 Å². The Balaban J connectivity index is 2.75. The molecule has 7 nitrogen and oxygen atoms in total. The average Bonchev–Trinajstić information content (AvgIpc) is 2.34. The highest BCUT2D eigenvalue weighted by atomic mass is 16.4. The second-order valence-corrected chi connectivity index (χ2v) is 3.82. The molecule has 0 aliphatic heterocycles. The lowest BCUT2D eigenvalue weighted by Gasteiger charge is -2.16. The number of carboxylic acids is 1. The van der Waals surface area contributed by atoms with Crippen molar-refractivity contribution in [3.63, 3.8) is 0 Å². The number of carboxylic acid groups (broad SMARTS) is 1. The monoisotopic (exact) mass is 252 g/mol. The van der Waals surface area contributed by atoms with E-state index in [2.05, 4.69) is 15.3 Å². The second-order valence-electron chi connectivity index (χ2n) is 3.82. The summed E-state index contributed by atoms with van der Waals surface area (Å²) in [5.74, 6) is -0.714. The van der Waals surface area contributed by atoms with Gasteiger partial charge in [-0.15, -0.1) is 0 Å². The van der Waals surface area contributed by atoms with Crippen molar-refractivity contribution in [1.29, 1.82) is 0 Å². The molecule has 0 aromatic carbocycles. The van der Waals surface area contributed by atoms with Gasteiger partial charge < -0.3 is 15.3 Å². The first-order chi connectivity index (χ1) is 8.45. The van der Waals surface area contributed by atoms with Crippen LogP contribution in [0, 0.1) is 6.92 Å². The number of nitrogens with one attached hydrogen (secondary N) is 1. The van der Waals surface area contributed by atoms with E-state index in [0.29, 0.717) is 24.6 Å². The van der Waals surface area contributed by atoms with Gasteiger partial charge in [-0.2, -0.15) is 0 Å². The normalized spacial score (nSPS) is 9.94. The van der Waals surface area contributed by atoms with Crippen LogP contribution < -0.4 is 10.2 Å². The second kappa shape index (κ2) is 5.95. The minimum atomic E-state index is -1.05. The van der Waals surface area contributed by atoms with Gasteiger partial charge >= 0.3 is 5.97 Å². The van der Waals surface area contributed by atoms with E-state index in [-0.39, 0.29) is 11.5 Å². The SMILES string of the molecule is CNC(=O)CCN(C)c1ncc(C(=O)O)c(C)n1. The van der Waals surface area contributed by atoms with E-state index in [1.165, 1.54) is 6.20 Å². The lowest BCUT2D eigenvalue weighted by molar-refractivity contribution is -0.120. The van der Waals surface area contributed by atoms with Gasteiger partial charge in [-0.3, -0.25) is 4.79 Å². The molecule has 1 aromatic heterocycles. The van der Waals surface area contributed by atoms with E-state index in [1.54, 1.807) is 25.9 Å². The molecular weight excluding hydrogens is 236 g/mol. The van der Waals surface area contributed by atoms with Gasteiger partial charge in [0.15, 0.2) is 0 Å². The zero-order valence-electron chi connectivity index (χ0n) is 10.6. The van der Waals surface area contributed by atoms with Crippen molar-refractivity contribution in [2.45, 2.75) is 13.3 Å². The third kappa shape index (κ3) is 3.41. The summed E-state index contributed by atoms with van der Waals surface area (Å²) in [6, 6.07) is 0. The van der Waals surface area contributed by atoms with Crippen LogP contribution in [-0.4, -0.2) is 47.6 Å². The van der Waals surface area contributed by atoms with Crippen LogP contribution in [0.3, 0.4) is 0 Å².